The molecule has 3 aliphatic carbocycles. The number of halogens is 4. The molecule has 0 spiro atoms. The summed E-state index contributed by atoms with van der Waals surface area (Å²) < 4.78 is 22.9. The van der Waals surface area contributed by atoms with Gasteiger partial charge in [0.15, 0.2) is 6.29 Å². The standard InChI is InChI=1S/C17H22Cl4O5/c1-5-25-8(2)26-10-7-6-9(22)11-12(10)16(21)14(19)13(18)15(11,20)17(16,23-3)24-4/h6-12,22H,5H2,1-4H3/t8?,9-,10+,11-,12+,15-,16+/m1/s1. The van der Waals surface area contributed by atoms with Crippen LogP contribution in [-0.4, -0.2) is 60.0 Å². The highest BCUT2D eigenvalue weighted by Crippen LogP contribution is 2.75. The van der Waals surface area contributed by atoms with E-state index in [1.807, 2.05) is 6.92 Å². The van der Waals surface area contributed by atoms with Gasteiger partial charge >= 0.3 is 0 Å². The van der Waals surface area contributed by atoms with Crippen LogP contribution in [0.15, 0.2) is 22.2 Å². The quantitative estimate of drug-likeness (QED) is 0.383. The van der Waals surface area contributed by atoms with E-state index in [1.54, 1.807) is 19.1 Å². The largest absolute Gasteiger partial charge is 0.389 e. The number of fused-ring (bicyclic) bond motifs is 5. The monoisotopic (exact) mass is 446 g/mol. The van der Waals surface area contributed by atoms with Gasteiger partial charge in [0.25, 0.3) is 0 Å². The van der Waals surface area contributed by atoms with Gasteiger partial charge in [-0.25, -0.2) is 0 Å². The second-order valence-electron chi connectivity index (χ2n) is 6.63. The summed E-state index contributed by atoms with van der Waals surface area (Å²) in [7, 11) is 2.85. The molecule has 148 valence electrons. The zero-order valence-electron chi connectivity index (χ0n) is 14.8. The van der Waals surface area contributed by atoms with Crippen molar-refractivity contribution in [2.75, 3.05) is 20.8 Å². The van der Waals surface area contributed by atoms with Crippen molar-refractivity contribution in [2.45, 2.75) is 47.9 Å². The van der Waals surface area contributed by atoms with E-state index in [-0.39, 0.29) is 10.1 Å². The minimum absolute atomic E-state index is 0.117. The molecule has 5 nitrogen and oxygen atoms in total. The van der Waals surface area contributed by atoms with Crippen LogP contribution in [0.5, 0.6) is 0 Å². The lowest BCUT2D eigenvalue weighted by Gasteiger charge is -2.44. The van der Waals surface area contributed by atoms with Crippen molar-refractivity contribution < 1.29 is 24.1 Å². The Bertz CT molecular complexity index is 637. The third-order valence-corrected chi connectivity index (χ3v) is 8.28. The molecule has 0 saturated heterocycles. The lowest BCUT2D eigenvalue weighted by atomic mass is 9.72. The van der Waals surface area contributed by atoms with E-state index in [0.717, 1.165) is 0 Å². The summed E-state index contributed by atoms with van der Waals surface area (Å²) in [6.07, 6.45) is 1.40. The van der Waals surface area contributed by atoms with E-state index in [0.29, 0.717) is 6.61 Å². The van der Waals surface area contributed by atoms with Crippen LogP contribution in [0.1, 0.15) is 13.8 Å². The second-order valence-corrected chi connectivity index (χ2v) is 8.58. The first kappa shape index (κ1) is 21.2. The van der Waals surface area contributed by atoms with Gasteiger partial charge in [0.1, 0.15) is 9.75 Å². The summed E-state index contributed by atoms with van der Waals surface area (Å²) in [5, 5.41) is 11.0. The molecule has 0 aromatic carbocycles. The molecule has 1 saturated carbocycles. The maximum absolute atomic E-state index is 10.7. The molecule has 1 unspecified atom stereocenters. The molecule has 0 heterocycles. The minimum atomic E-state index is -1.57. The maximum atomic E-state index is 10.7. The first-order valence-corrected chi connectivity index (χ1v) is 9.86. The van der Waals surface area contributed by atoms with Crippen molar-refractivity contribution in [1.82, 2.24) is 0 Å². The Labute approximate surface area is 173 Å². The van der Waals surface area contributed by atoms with Crippen molar-refractivity contribution in [1.29, 1.82) is 0 Å². The van der Waals surface area contributed by atoms with E-state index in [4.69, 9.17) is 65.4 Å². The molecule has 0 aromatic heterocycles. The lowest BCUT2D eigenvalue weighted by Crippen LogP contribution is -2.58. The van der Waals surface area contributed by atoms with Crippen molar-refractivity contribution >= 4 is 46.4 Å². The molecule has 0 amide bonds. The fourth-order valence-corrected chi connectivity index (χ4v) is 7.01. The molecule has 2 bridgehead atoms. The highest BCUT2D eigenvalue weighted by Gasteiger charge is 2.86. The van der Waals surface area contributed by atoms with Crippen LogP contribution in [0.3, 0.4) is 0 Å². The first-order valence-electron chi connectivity index (χ1n) is 8.35. The Balaban J connectivity index is 2.15. The molecule has 1 N–H and O–H groups in total. The lowest BCUT2D eigenvalue weighted by molar-refractivity contribution is -0.224. The van der Waals surface area contributed by atoms with E-state index < -0.39 is 45.9 Å². The molecule has 0 radical (unpaired) electrons. The van der Waals surface area contributed by atoms with Gasteiger partial charge < -0.3 is 24.1 Å². The van der Waals surface area contributed by atoms with E-state index in [9.17, 15) is 5.11 Å². The van der Waals surface area contributed by atoms with Crippen LogP contribution >= 0.6 is 46.4 Å². The Hall–Kier alpha value is 0.440. The number of aliphatic hydroxyl groups is 1. The van der Waals surface area contributed by atoms with Crippen LogP contribution in [0.4, 0.5) is 0 Å². The zero-order valence-corrected chi connectivity index (χ0v) is 17.9. The Morgan fingerprint density at radius 3 is 2.12 bits per heavy atom. The van der Waals surface area contributed by atoms with E-state index in [2.05, 4.69) is 0 Å². The molecule has 3 rings (SSSR count). The highest BCUT2D eigenvalue weighted by atomic mass is 35.5. The van der Waals surface area contributed by atoms with Gasteiger partial charge in [-0.3, -0.25) is 0 Å². The summed E-state index contributed by atoms with van der Waals surface area (Å²) in [4.78, 5) is -2.91. The van der Waals surface area contributed by atoms with Gasteiger partial charge in [-0.1, -0.05) is 35.4 Å². The van der Waals surface area contributed by atoms with Crippen LogP contribution in [0.2, 0.25) is 0 Å². The third-order valence-electron chi connectivity index (χ3n) is 5.64. The predicted molar refractivity (Wildman–Crippen MR) is 101 cm³/mol. The normalized spacial score (nSPS) is 44.5. The highest BCUT2D eigenvalue weighted by molar-refractivity contribution is 6.52. The fourth-order valence-electron chi connectivity index (χ4n) is 4.74. The fraction of sp³-hybridized carbons (Fsp3) is 0.765. The minimum Gasteiger partial charge on any atom is -0.389 e. The molecule has 7 atom stereocenters. The van der Waals surface area contributed by atoms with Crippen LogP contribution in [0, 0.1) is 11.8 Å². The Morgan fingerprint density at radius 1 is 1.08 bits per heavy atom. The van der Waals surface area contributed by atoms with Crippen LogP contribution < -0.4 is 0 Å². The number of ether oxygens (including phenoxy) is 4. The molecule has 0 aliphatic heterocycles. The SMILES string of the molecule is CCOC(C)O[C@H]1C=C[C@@H](O)[C@@H]2[C@H]1[C@]1(Cl)C(Cl)=C(Cl)[C@@]2(Cl)C1(OC)OC. The molecule has 0 aromatic rings. The molecule has 1 fully saturated rings. The topological polar surface area (TPSA) is 57.2 Å². The van der Waals surface area contributed by atoms with Gasteiger partial charge in [-0.05, 0) is 13.8 Å². The molecule has 3 aliphatic rings. The third kappa shape index (κ3) is 2.30. The summed E-state index contributed by atoms with van der Waals surface area (Å²) in [6.45, 7) is 4.15. The number of methoxy groups -OCH3 is 2. The molecule has 26 heavy (non-hydrogen) atoms. The van der Waals surface area contributed by atoms with Gasteiger partial charge in [-0.2, -0.15) is 0 Å². The van der Waals surface area contributed by atoms with E-state index >= 15 is 0 Å². The first-order chi connectivity index (χ1) is 12.2. The molecular weight excluding hydrogens is 426 g/mol. The van der Waals surface area contributed by atoms with E-state index in [1.165, 1.54) is 14.2 Å². The van der Waals surface area contributed by atoms with Gasteiger partial charge in [-0.15, -0.1) is 23.2 Å². The maximum Gasteiger partial charge on any atom is 0.217 e. The van der Waals surface area contributed by atoms with Crippen LogP contribution in [-0.2, 0) is 18.9 Å². The smallest absolute Gasteiger partial charge is 0.217 e. The van der Waals surface area contributed by atoms with Crippen molar-refractivity contribution in [3.63, 3.8) is 0 Å². The number of aliphatic hydroxyl groups excluding tert-OH is 1. The number of hydrogen-bond donors (Lipinski definition) is 1. The Kier molecular flexibility index (Phi) is 5.73. The molecule has 9 heteroatoms. The molecular formula is C17H22Cl4O5. The summed E-state index contributed by atoms with van der Waals surface area (Å²) in [5.41, 5.74) is 0. The Morgan fingerprint density at radius 2 is 1.62 bits per heavy atom. The predicted octanol–water partition coefficient (Wildman–Crippen LogP) is 3.58. The summed E-state index contributed by atoms with van der Waals surface area (Å²) >= 11 is 27.1. The average molecular weight is 448 g/mol. The number of rotatable bonds is 6. The van der Waals surface area contributed by atoms with Crippen molar-refractivity contribution in [3.8, 4) is 0 Å². The van der Waals surface area contributed by atoms with Crippen LogP contribution in [0.25, 0.3) is 0 Å². The van der Waals surface area contributed by atoms with Gasteiger partial charge in [0.2, 0.25) is 5.79 Å². The summed E-state index contributed by atoms with van der Waals surface area (Å²) in [5.74, 6) is -2.77. The van der Waals surface area contributed by atoms with Crippen molar-refractivity contribution in [2.24, 2.45) is 11.8 Å². The summed E-state index contributed by atoms with van der Waals surface area (Å²) in [6, 6.07) is 0. The van der Waals surface area contributed by atoms with Crippen molar-refractivity contribution in [3.05, 3.63) is 22.2 Å². The number of alkyl halides is 2. The second kappa shape index (κ2) is 7.05. The zero-order chi connectivity index (χ0) is 19.5. The number of hydrogen-bond acceptors (Lipinski definition) is 5. The van der Waals surface area contributed by atoms with Gasteiger partial charge in [0.05, 0.1) is 22.3 Å². The average Bonchev–Trinajstić information content (AvgIpc) is 2.87. The van der Waals surface area contributed by atoms with Gasteiger partial charge in [0, 0.05) is 32.7 Å².